The Bertz CT molecular complexity index is 1140. The molecule has 1 atom stereocenters. The van der Waals surface area contributed by atoms with Gasteiger partial charge in [-0.3, -0.25) is 9.36 Å². The molecule has 1 amide bonds. The van der Waals surface area contributed by atoms with Crippen molar-refractivity contribution in [2.45, 2.75) is 18.1 Å². The molecule has 0 saturated heterocycles. The molecule has 0 spiro atoms. The fraction of sp³-hybridized carbons (Fsp3) is 0.174. The first-order chi connectivity index (χ1) is 15.1. The zero-order valence-corrected chi connectivity index (χ0v) is 18.8. The Morgan fingerprint density at radius 1 is 1.19 bits per heavy atom. The van der Waals surface area contributed by atoms with E-state index >= 15 is 0 Å². The van der Waals surface area contributed by atoms with Gasteiger partial charge in [-0.1, -0.05) is 53.7 Å². The zero-order valence-electron chi connectivity index (χ0n) is 17.2. The van der Waals surface area contributed by atoms with E-state index < -0.39 is 0 Å². The van der Waals surface area contributed by atoms with Crippen LogP contribution in [0.15, 0.2) is 77.5 Å². The molecule has 31 heavy (non-hydrogen) atoms. The summed E-state index contributed by atoms with van der Waals surface area (Å²) in [6.07, 6.45) is 1.63. The van der Waals surface area contributed by atoms with Crippen molar-refractivity contribution in [1.82, 2.24) is 20.1 Å². The topological polar surface area (TPSA) is 69.0 Å². The lowest BCUT2D eigenvalue weighted by Crippen LogP contribution is -2.30. The normalized spacial score (nSPS) is 11.8. The monoisotopic (exact) mass is 450 g/mol. The number of rotatable bonds is 8. The molecule has 2 aromatic carbocycles. The highest BCUT2D eigenvalue weighted by atomic mass is 32.2. The van der Waals surface area contributed by atoms with E-state index in [9.17, 15) is 4.79 Å². The lowest BCUT2D eigenvalue weighted by atomic mass is 10.0. The van der Waals surface area contributed by atoms with Crippen molar-refractivity contribution in [2.24, 2.45) is 0 Å². The third kappa shape index (κ3) is 5.15. The number of hydrogen-bond acceptors (Lipinski definition) is 6. The van der Waals surface area contributed by atoms with Crippen LogP contribution in [0, 0.1) is 6.92 Å². The SMILES string of the molecule is COc1cccc(-n2cnnc2SCC(=O)N[C@@H](c2ccc(C)cc2)c2cccs2)c1. The number of carbonyl (C=O) groups is 1. The number of carbonyl (C=O) groups excluding carboxylic acids is 1. The second-order valence-electron chi connectivity index (χ2n) is 6.90. The highest BCUT2D eigenvalue weighted by Gasteiger charge is 2.19. The Balaban J connectivity index is 1.46. The third-order valence-electron chi connectivity index (χ3n) is 4.72. The summed E-state index contributed by atoms with van der Waals surface area (Å²) in [5.41, 5.74) is 3.13. The summed E-state index contributed by atoms with van der Waals surface area (Å²) in [5, 5.41) is 14.0. The minimum absolute atomic E-state index is 0.0656. The van der Waals surface area contributed by atoms with Crippen molar-refractivity contribution in [3.8, 4) is 11.4 Å². The zero-order chi connectivity index (χ0) is 21.6. The Labute approximate surface area is 189 Å². The molecule has 0 aliphatic carbocycles. The predicted molar refractivity (Wildman–Crippen MR) is 124 cm³/mol. The van der Waals surface area contributed by atoms with Gasteiger partial charge in [0.15, 0.2) is 5.16 Å². The molecule has 4 rings (SSSR count). The number of nitrogens with zero attached hydrogens (tertiary/aromatic N) is 3. The molecule has 2 heterocycles. The Morgan fingerprint density at radius 2 is 2.03 bits per heavy atom. The second kappa shape index (κ2) is 9.80. The molecule has 158 valence electrons. The second-order valence-corrected chi connectivity index (χ2v) is 8.82. The molecule has 1 N–H and O–H groups in total. The summed E-state index contributed by atoms with van der Waals surface area (Å²) in [6.45, 7) is 2.05. The van der Waals surface area contributed by atoms with Crippen LogP contribution in [0.25, 0.3) is 5.69 Å². The summed E-state index contributed by atoms with van der Waals surface area (Å²) >= 11 is 2.98. The molecule has 0 aliphatic heterocycles. The van der Waals surface area contributed by atoms with Gasteiger partial charge in [-0.05, 0) is 36.1 Å². The Kier molecular flexibility index (Phi) is 6.69. The van der Waals surface area contributed by atoms with Gasteiger partial charge in [0.1, 0.15) is 12.1 Å². The quantitative estimate of drug-likeness (QED) is 0.396. The third-order valence-corrected chi connectivity index (χ3v) is 6.60. The molecule has 4 aromatic rings. The van der Waals surface area contributed by atoms with Crippen molar-refractivity contribution in [3.05, 3.63) is 88.4 Å². The number of amides is 1. The van der Waals surface area contributed by atoms with Crippen LogP contribution in [0.4, 0.5) is 0 Å². The van der Waals surface area contributed by atoms with E-state index in [1.54, 1.807) is 24.8 Å². The number of aromatic nitrogens is 3. The van der Waals surface area contributed by atoms with Crippen molar-refractivity contribution in [2.75, 3.05) is 12.9 Å². The smallest absolute Gasteiger partial charge is 0.231 e. The average molecular weight is 451 g/mol. The van der Waals surface area contributed by atoms with E-state index in [0.29, 0.717) is 5.16 Å². The lowest BCUT2D eigenvalue weighted by Gasteiger charge is -2.18. The minimum Gasteiger partial charge on any atom is -0.497 e. The maximum absolute atomic E-state index is 12.8. The van der Waals surface area contributed by atoms with Crippen LogP contribution in [0.3, 0.4) is 0 Å². The Hall–Kier alpha value is -3.10. The molecular formula is C23H22N4O2S2. The van der Waals surface area contributed by atoms with Gasteiger partial charge in [0.05, 0.1) is 24.6 Å². The van der Waals surface area contributed by atoms with Crippen LogP contribution in [0.1, 0.15) is 22.0 Å². The number of ether oxygens (including phenoxy) is 1. The van der Waals surface area contributed by atoms with Crippen molar-refractivity contribution >= 4 is 29.0 Å². The van der Waals surface area contributed by atoms with Crippen LogP contribution in [-0.4, -0.2) is 33.5 Å². The number of benzene rings is 2. The van der Waals surface area contributed by atoms with Crippen LogP contribution in [0.5, 0.6) is 5.75 Å². The molecule has 0 fully saturated rings. The first-order valence-electron chi connectivity index (χ1n) is 9.70. The number of methoxy groups -OCH3 is 1. The van der Waals surface area contributed by atoms with Gasteiger partial charge in [-0.15, -0.1) is 21.5 Å². The fourth-order valence-electron chi connectivity index (χ4n) is 3.13. The lowest BCUT2D eigenvalue weighted by molar-refractivity contribution is -0.119. The number of thioether (sulfide) groups is 1. The largest absolute Gasteiger partial charge is 0.497 e. The molecule has 0 aliphatic rings. The standard InChI is InChI=1S/C23H22N4O2S2/c1-16-8-10-17(11-9-16)22(20-7-4-12-30-20)25-21(28)14-31-23-26-24-15-27(23)18-5-3-6-19(13-18)29-2/h3-13,15,22H,14H2,1-2H3,(H,25,28)/t22-/m0/s1. The highest BCUT2D eigenvalue weighted by molar-refractivity contribution is 7.99. The Morgan fingerprint density at radius 3 is 2.77 bits per heavy atom. The number of hydrogen-bond donors (Lipinski definition) is 1. The van der Waals surface area contributed by atoms with Gasteiger partial charge in [0.25, 0.3) is 0 Å². The predicted octanol–water partition coefficient (Wildman–Crippen LogP) is 4.64. The van der Waals surface area contributed by atoms with Crippen molar-refractivity contribution < 1.29 is 9.53 Å². The van der Waals surface area contributed by atoms with E-state index in [1.165, 1.54) is 17.3 Å². The van der Waals surface area contributed by atoms with Crippen LogP contribution >= 0.6 is 23.1 Å². The van der Waals surface area contributed by atoms with Crippen molar-refractivity contribution in [1.29, 1.82) is 0 Å². The van der Waals surface area contributed by atoms with Crippen molar-refractivity contribution in [3.63, 3.8) is 0 Å². The summed E-state index contributed by atoms with van der Waals surface area (Å²) in [7, 11) is 1.63. The fourth-order valence-corrected chi connectivity index (χ4v) is 4.67. The molecule has 0 radical (unpaired) electrons. The van der Waals surface area contributed by atoms with Crippen LogP contribution in [-0.2, 0) is 4.79 Å². The average Bonchev–Trinajstić information content (AvgIpc) is 3.49. The van der Waals surface area contributed by atoms with Gasteiger partial charge < -0.3 is 10.1 Å². The van der Waals surface area contributed by atoms with E-state index in [1.807, 2.05) is 46.3 Å². The molecular weight excluding hydrogens is 428 g/mol. The first-order valence-corrected chi connectivity index (χ1v) is 11.6. The molecule has 0 saturated carbocycles. The molecule has 6 nitrogen and oxygen atoms in total. The number of nitrogens with one attached hydrogen (secondary N) is 1. The summed E-state index contributed by atoms with van der Waals surface area (Å²) in [4.78, 5) is 13.9. The summed E-state index contributed by atoms with van der Waals surface area (Å²) < 4.78 is 7.14. The van der Waals surface area contributed by atoms with Gasteiger partial charge in [0, 0.05) is 10.9 Å². The van der Waals surface area contributed by atoms with Gasteiger partial charge >= 0.3 is 0 Å². The van der Waals surface area contributed by atoms with E-state index in [0.717, 1.165) is 21.9 Å². The van der Waals surface area contributed by atoms with Crippen LogP contribution < -0.4 is 10.1 Å². The highest BCUT2D eigenvalue weighted by Crippen LogP contribution is 2.27. The van der Waals surface area contributed by atoms with E-state index in [2.05, 4.69) is 46.7 Å². The molecule has 0 unspecified atom stereocenters. The molecule has 2 aromatic heterocycles. The number of aryl methyl sites for hydroxylation is 1. The van der Waals surface area contributed by atoms with Crippen LogP contribution in [0.2, 0.25) is 0 Å². The maximum Gasteiger partial charge on any atom is 0.231 e. The summed E-state index contributed by atoms with van der Waals surface area (Å²) in [6, 6.07) is 19.7. The summed E-state index contributed by atoms with van der Waals surface area (Å²) in [5.74, 6) is 0.914. The molecule has 0 bridgehead atoms. The minimum atomic E-state index is -0.176. The first kappa shape index (κ1) is 21.1. The van der Waals surface area contributed by atoms with Gasteiger partial charge in [0.2, 0.25) is 5.91 Å². The maximum atomic E-state index is 12.8. The van der Waals surface area contributed by atoms with E-state index in [-0.39, 0.29) is 17.7 Å². The van der Waals surface area contributed by atoms with Gasteiger partial charge in [-0.25, -0.2) is 0 Å². The van der Waals surface area contributed by atoms with Gasteiger partial charge in [-0.2, -0.15) is 0 Å². The number of thiophene rings is 1. The van der Waals surface area contributed by atoms with E-state index in [4.69, 9.17) is 4.74 Å². The molecule has 8 heteroatoms.